The Morgan fingerprint density at radius 2 is 2.40 bits per heavy atom. The molecule has 2 heterocycles. The lowest BCUT2D eigenvalue weighted by Crippen LogP contribution is -2.33. The first-order chi connectivity index (χ1) is 7.11. The van der Waals surface area contributed by atoms with Gasteiger partial charge in [0.15, 0.2) is 0 Å². The second-order valence-electron chi connectivity index (χ2n) is 3.58. The van der Waals surface area contributed by atoms with Gasteiger partial charge in [0, 0.05) is 16.0 Å². The van der Waals surface area contributed by atoms with Crippen molar-refractivity contribution >= 4 is 45.7 Å². The van der Waals surface area contributed by atoms with Crippen molar-refractivity contribution < 1.29 is 9.59 Å². The molecule has 1 aliphatic heterocycles. The van der Waals surface area contributed by atoms with Gasteiger partial charge in [0.1, 0.15) is 4.88 Å². The molecule has 2 rings (SSSR count). The number of imide groups is 1. The molecule has 1 unspecified atom stereocenters. The van der Waals surface area contributed by atoms with E-state index in [2.05, 4.69) is 22.6 Å². The predicted molar refractivity (Wildman–Crippen MR) is 66.9 cm³/mol. The average molecular weight is 335 g/mol. The molecular formula is C10H10INO2S. The van der Waals surface area contributed by atoms with Crippen LogP contribution in [-0.2, 0) is 4.79 Å². The number of nitrogens with zero attached hydrogens (tertiary/aromatic N) is 1. The van der Waals surface area contributed by atoms with Gasteiger partial charge < -0.3 is 0 Å². The minimum atomic E-state index is -0.135. The Balaban J connectivity index is 2.23. The van der Waals surface area contributed by atoms with Crippen LogP contribution in [0.15, 0.2) is 11.4 Å². The highest BCUT2D eigenvalue weighted by molar-refractivity contribution is 14.1. The van der Waals surface area contributed by atoms with Crippen LogP contribution < -0.4 is 0 Å². The van der Waals surface area contributed by atoms with Gasteiger partial charge >= 0.3 is 0 Å². The van der Waals surface area contributed by atoms with Gasteiger partial charge in [0.2, 0.25) is 5.91 Å². The van der Waals surface area contributed by atoms with Crippen LogP contribution in [0.5, 0.6) is 0 Å². The van der Waals surface area contributed by atoms with E-state index in [1.807, 2.05) is 18.4 Å². The summed E-state index contributed by atoms with van der Waals surface area (Å²) in [6.07, 6.45) is 0.784. The number of carbonyl (C=O) groups is 2. The van der Waals surface area contributed by atoms with Crippen molar-refractivity contribution in [3.8, 4) is 0 Å². The van der Waals surface area contributed by atoms with Crippen LogP contribution in [0.3, 0.4) is 0 Å². The minimum Gasteiger partial charge on any atom is -0.278 e. The van der Waals surface area contributed by atoms with Crippen molar-refractivity contribution in [2.45, 2.75) is 13.3 Å². The third-order valence-corrected chi connectivity index (χ3v) is 4.70. The van der Waals surface area contributed by atoms with Crippen molar-refractivity contribution in [2.75, 3.05) is 6.54 Å². The normalized spacial score (nSPS) is 21.1. The summed E-state index contributed by atoms with van der Waals surface area (Å²) in [5, 5.41) is 1.87. The van der Waals surface area contributed by atoms with Crippen LogP contribution in [-0.4, -0.2) is 23.3 Å². The summed E-state index contributed by atoms with van der Waals surface area (Å²) in [7, 11) is 0. The SMILES string of the molecule is CC1CCN(C(=O)c2sccc2I)C1=O. The van der Waals surface area contributed by atoms with Crippen molar-refractivity contribution in [3.63, 3.8) is 0 Å². The van der Waals surface area contributed by atoms with Crippen molar-refractivity contribution in [2.24, 2.45) is 5.92 Å². The zero-order valence-corrected chi connectivity index (χ0v) is 11.2. The number of hydrogen-bond acceptors (Lipinski definition) is 3. The van der Waals surface area contributed by atoms with Gasteiger partial charge in [-0.3, -0.25) is 14.5 Å². The molecule has 2 amide bonds. The van der Waals surface area contributed by atoms with Gasteiger partial charge in [-0.2, -0.15) is 0 Å². The summed E-state index contributed by atoms with van der Waals surface area (Å²) in [6, 6.07) is 1.89. The number of carbonyl (C=O) groups excluding carboxylic acids is 2. The van der Waals surface area contributed by atoms with Crippen LogP contribution in [0.1, 0.15) is 23.0 Å². The molecule has 0 aromatic carbocycles. The van der Waals surface area contributed by atoms with Crippen LogP contribution >= 0.6 is 33.9 Å². The van der Waals surface area contributed by atoms with Crippen molar-refractivity contribution in [3.05, 3.63) is 19.9 Å². The molecule has 0 aliphatic carbocycles. The molecule has 3 nitrogen and oxygen atoms in total. The number of rotatable bonds is 1. The average Bonchev–Trinajstić information content (AvgIpc) is 2.75. The second kappa shape index (κ2) is 4.21. The topological polar surface area (TPSA) is 37.4 Å². The maximum Gasteiger partial charge on any atom is 0.271 e. The van der Waals surface area contributed by atoms with Gasteiger partial charge in [0.25, 0.3) is 5.91 Å². The Morgan fingerprint density at radius 3 is 2.87 bits per heavy atom. The van der Waals surface area contributed by atoms with E-state index in [4.69, 9.17) is 0 Å². The molecule has 5 heteroatoms. The summed E-state index contributed by atoms with van der Waals surface area (Å²) >= 11 is 3.52. The molecule has 15 heavy (non-hydrogen) atoms. The second-order valence-corrected chi connectivity index (χ2v) is 5.66. The Labute approximate surface area is 106 Å². The Kier molecular flexibility index (Phi) is 3.11. The highest BCUT2D eigenvalue weighted by Crippen LogP contribution is 2.25. The number of halogens is 1. The lowest BCUT2D eigenvalue weighted by atomic mass is 10.1. The monoisotopic (exact) mass is 335 g/mol. The van der Waals surface area contributed by atoms with Crippen LogP contribution in [0.2, 0.25) is 0 Å². The minimum absolute atomic E-state index is 0.00780. The first kappa shape index (κ1) is 11.1. The third-order valence-electron chi connectivity index (χ3n) is 2.53. The molecule has 1 aromatic rings. The molecule has 0 saturated carbocycles. The molecule has 1 aromatic heterocycles. The zero-order valence-electron chi connectivity index (χ0n) is 8.20. The number of hydrogen-bond donors (Lipinski definition) is 0. The van der Waals surface area contributed by atoms with E-state index in [9.17, 15) is 9.59 Å². The van der Waals surface area contributed by atoms with Crippen LogP contribution in [0.4, 0.5) is 0 Å². The Morgan fingerprint density at radius 1 is 1.67 bits per heavy atom. The summed E-state index contributed by atoms with van der Waals surface area (Å²) in [5.74, 6) is -0.181. The first-order valence-electron chi connectivity index (χ1n) is 4.70. The van der Waals surface area contributed by atoms with E-state index < -0.39 is 0 Å². The highest BCUT2D eigenvalue weighted by atomic mass is 127. The summed E-state index contributed by atoms with van der Waals surface area (Å²) in [4.78, 5) is 25.7. The van der Waals surface area contributed by atoms with Gasteiger partial charge in [-0.15, -0.1) is 11.3 Å². The smallest absolute Gasteiger partial charge is 0.271 e. The summed E-state index contributed by atoms with van der Waals surface area (Å²) < 4.78 is 0.926. The Bertz CT molecular complexity index is 415. The fraction of sp³-hybridized carbons (Fsp3) is 0.400. The van der Waals surface area contributed by atoms with Gasteiger partial charge in [-0.1, -0.05) is 6.92 Å². The standard InChI is InChI=1S/C10H10INO2S/c1-6-2-4-12(9(6)13)10(14)8-7(11)3-5-15-8/h3,5-6H,2,4H2,1H3. The van der Waals surface area contributed by atoms with E-state index in [0.717, 1.165) is 9.99 Å². The third kappa shape index (κ3) is 1.94. The first-order valence-corrected chi connectivity index (χ1v) is 6.66. The maximum absolute atomic E-state index is 12.0. The maximum atomic E-state index is 12.0. The lowest BCUT2D eigenvalue weighted by molar-refractivity contribution is -0.128. The van der Waals surface area contributed by atoms with E-state index in [0.29, 0.717) is 11.4 Å². The van der Waals surface area contributed by atoms with E-state index in [-0.39, 0.29) is 17.7 Å². The fourth-order valence-corrected chi connectivity index (χ4v) is 3.36. The molecular weight excluding hydrogens is 325 g/mol. The highest BCUT2D eigenvalue weighted by Gasteiger charge is 2.34. The molecule has 0 N–H and O–H groups in total. The van der Waals surface area contributed by atoms with E-state index >= 15 is 0 Å². The lowest BCUT2D eigenvalue weighted by Gasteiger charge is -2.12. The number of amides is 2. The molecule has 80 valence electrons. The van der Waals surface area contributed by atoms with Gasteiger partial charge in [0.05, 0.1) is 0 Å². The summed E-state index contributed by atoms with van der Waals surface area (Å²) in [5.41, 5.74) is 0. The van der Waals surface area contributed by atoms with Crippen LogP contribution in [0.25, 0.3) is 0 Å². The number of thiophene rings is 1. The van der Waals surface area contributed by atoms with Gasteiger partial charge in [-0.25, -0.2) is 0 Å². The van der Waals surface area contributed by atoms with E-state index in [1.165, 1.54) is 16.2 Å². The predicted octanol–water partition coefficient (Wildman–Crippen LogP) is 2.36. The van der Waals surface area contributed by atoms with Crippen LogP contribution in [0, 0.1) is 9.49 Å². The molecule has 0 spiro atoms. The Hall–Kier alpha value is -0.430. The molecule has 1 aliphatic rings. The molecule has 1 saturated heterocycles. The molecule has 0 radical (unpaired) electrons. The quantitative estimate of drug-likeness (QED) is 0.584. The number of likely N-dealkylation sites (tertiary alicyclic amines) is 1. The van der Waals surface area contributed by atoms with Crippen molar-refractivity contribution in [1.82, 2.24) is 4.90 Å². The molecule has 0 bridgehead atoms. The molecule has 1 atom stereocenters. The zero-order chi connectivity index (χ0) is 11.0. The van der Waals surface area contributed by atoms with E-state index in [1.54, 1.807) is 0 Å². The summed E-state index contributed by atoms with van der Waals surface area (Å²) in [6.45, 7) is 2.43. The van der Waals surface area contributed by atoms with Gasteiger partial charge in [-0.05, 0) is 40.5 Å². The fourth-order valence-electron chi connectivity index (χ4n) is 1.59. The largest absolute Gasteiger partial charge is 0.278 e. The van der Waals surface area contributed by atoms with Crippen molar-refractivity contribution in [1.29, 1.82) is 0 Å². The molecule has 1 fully saturated rings.